The summed E-state index contributed by atoms with van der Waals surface area (Å²) in [6, 6.07) is 5.23. The largest absolute Gasteiger partial charge is 0.338 e. The molecule has 0 saturated carbocycles. The van der Waals surface area contributed by atoms with Crippen molar-refractivity contribution in [2.75, 3.05) is 10.7 Å². The van der Waals surface area contributed by atoms with Gasteiger partial charge in [-0.1, -0.05) is 34.8 Å². The topological polar surface area (TPSA) is 63.0 Å². The SMILES string of the molecule is Cc1cc(Br)c(Nc2nc(NN)c(Cl)cc2Cl)cc1Cl. The molecule has 0 aliphatic rings. The molecule has 0 aliphatic heterocycles. The summed E-state index contributed by atoms with van der Waals surface area (Å²) in [6.07, 6.45) is 0. The molecule has 0 radical (unpaired) electrons. The number of nitrogen functional groups attached to an aromatic ring is 1. The van der Waals surface area contributed by atoms with Gasteiger partial charge in [0.25, 0.3) is 0 Å². The van der Waals surface area contributed by atoms with E-state index < -0.39 is 0 Å². The van der Waals surface area contributed by atoms with Gasteiger partial charge in [0.2, 0.25) is 0 Å². The third kappa shape index (κ3) is 3.30. The summed E-state index contributed by atoms with van der Waals surface area (Å²) in [6.45, 7) is 1.92. The van der Waals surface area contributed by atoms with E-state index >= 15 is 0 Å². The Labute approximate surface area is 139 Å². The van der Waals surface area contributed by atoms with Crippen LogP contribution in [0.5, 0.6) is 0 Å². The van der Waals surface area contributed by atoms with Crippen LogP contribution >= 0.6 is 50.7 Å². The molecule has 0 saturated heterocycles. The lowest BCUT2D eigenvalue weighted by Crippen LogP contribution is -2.10. The highest BCUT2D eigenvalue weighted by Crippen LogP contribution is 2.35. The number of nitrogens with one attached hydrogen (secondary N) is 2. The Balaban J connectivity index is 2.42. The van der Waals surface area contributed by atoms with E-state index in [-0.39, 0.29) is 0 Å². The minimum atomic E-state index is 0.327. The zero-order chi connectivity index (χ0) is 14.9. The average Bonchev–Trinajstić information content (AvgIpc) is 2.38. The third-order valence-electron chi connectivity index (χ3n) is 2.57. The molecule has 1 aromatic heterocycles. The number of halogens is 4. The summed E-state index contributed by atoms with van der Waals surface area (Å²) in [5, 5.41) is 4.43. The summed E-state index contributed by atoms with van der Waals surface area (Å²) in [5.74, 6) is 6.09. The summed E-state index contributed by atoms with van der Waals surface area (Å²) in [7, 11) is 0. The Morgan fingerprint density at radius 1 is 1.05 bits per heavy atom. The number of aromatic nitrogens is 1. The number of anilines is 3. The summed E-state index contributed by atoms with van der Waals surface area (Å²) >= 11 is 21.6. The maximum Gasteiger partial charge on any atom is 0.161 e. The monoisotopic (exact) mass is 394 g/mol. The molecule has 20 heavy (non-hydrogen) atoms. The van der Waals surface area contributed by atoms with Crippen molar-refractivity contribution in [2.24, 2.45) is 5.84 Å². The fourth-order valence-electron chi connectivity index (χ4n) is 1.53. The molecule has 8 heteroatoms. The summed E-state index contributed by atoms with van der Waals surface area (Å²) in [4.78, 5) is 4.20. The molecule has 0 amide bonds. The molecule has 0 spiro atoms. The van der Waals surface area contributed by atoms with Crippen molar-refractivity contribution in [2.45, 2.75) is 6.92 Å². The second kappa shape index (κ2) is 6.37. The maximum atomic E-state index is 6.11. The standard InChI is InChI=1S/C12H10BrCl3N4/c1-5-2-6(13)10(4-7(5)14)18-11-8(15)3-9(16)12(19-11)20-17/h2-4H,17H2,1H3,(H2,18,19,20). The van der Waals surface area contributed by atoms with Crippen molar-refractivity contribution in [3.8, 4) is 0 Å². The van der Waals surface area contributed by atoms with E-state index in [0.717, 1.165) is 15.7 Å². The highest BCUT2D eigenvalue weighted by Gasteiger charge is 2.11. The molecule has 0 bridgehead atoms. The molecular formula is C12H10BrCl3N4. The van der Waals surface area contributed by atoms with Crippen LogP contribution in [-0.2, 0) is 0 Å². The zero-order valence-corrected chi connectivity index (χ0v) is 14.1. The van der Waals surface area contributed by atoms with Gasteiger partial charge in [-0.25, -0.2) is 10.8 Å². The number of pyridine rings is 1. The zero-order valence-electron chi connectivity index (χ0n) is 10.3. The molecule has 1 heterocycles. The van der Waals surface area contributed by atoms with Gasteiger partial charge in [0.05, 0.1) is 15.7 Å². The van der Waals surface area contributed by atoms with Crippen molar-refractivity contribution in [3.63, 3.8) is 0 Å². The number of benzene rings is 1. The van der Waals surface area contributed by atoms with Crippen LogP contribution in [0.25, 0.3) is 0 Å². The van der Waals surface area contributed by atoms with E-state index in [4.69, 9.17) is 40.6 Å². The fraction of sp³-hybridized carbons (Fsp3) is 0.0833. The van der Waals surface area contributed by atoms with Crippen molar-refractivity contribution < 1.29 is 0 Å². The lowest BCUT2D eigenvalue weighted by Gasteiger charge is -2.13. The van der Waals surface area contributed by atoms with E-state index in [9.17, 15) is 0 Å². The van der Waals surface area contributed by atoms with Crippen LogP contribution in [0.2, 0.25) is 15.1 Å². The van der Waals surface area contributed by atoms with Crippen LogP contribution in [0.3, 0.4) is 0 Å². The Bertz CT molecular complexity index is 664. The summed E-state index contributed by atoms with van der Waals surface area (Å²) < 4.78 is 0.842. The molecular weight excluding hydrogens is 386 g/mol. The van der Waals surface area contributed by atoms with E-state index in [2.05, 4.69) is 31.7 Å². The van der Waals surface area contributed by atoms with Gasteiger partial charge in [-0.3, -0.25) is 0 Å². The first kappa shape index (κ1) is 15.7. The van der Waals surface area contributed by atoms with E-state index in [1.807, 2.05) is 13.0 Å². The van der Waals surface area contributed by atoms with Gasteiger partial charge in [-0.2, -0.15) is 0 Å². The summed E-state index contributed by atoms with van der Waals surface area (Å²) in [5.41, 5.74) is 4.10. The van der Waals surface area contributed by atoms with Crippen LogP contribution in [0.1, 0.15) is 5.56 Å². The van der Waals surface area contributed by atoms with Crippen LogP contribution in [0.15, 0.2) is 22.7 Å². The first-order valence-corrected chi connectivity index (χ1v) is 7.40. The van der Waals surface area contributed by atoms with Crippen LogP contribution in [-0.4, -0.2) is 4.98 Å². The van der Waals surface area contributed by atoms with Crippen LogP contribution in [0, 0.1) is 6.92 Å². The van der Waals surface area contributed by atoms with E-state index in [1.54, 1.807) is 12.1 Å². The van der Waals surface area contributed by atoms with E-state index in [0.29, 0.717) is 26.7 Å². The molecule has 2 rings (SSSR count). The minimum Gasteiger partial charge on any atom is -0.338 e. The molecule has 0 unspecified atom stereocenters. The third-order valence-corrected chi connectivity index (χ3v) is 4.21. The van der Waals surface area contributed by atoms with Crippen molar-refractivity contribution in [1.29, 1.82) is 0 Å². The molecule has 1 aromatic carbocycles. The second-order valence-corrected chi connectivity index (χ2v) is 6.08. The quantitative estimate of drug-likeness (QED) is 0.496. The molecule has 0 atom stereocenters. The van der Waals surface area contributed by atoms with Gasteiger partial charge < -0.3 is 10.7 Å². The smallest absolute Gasteiger partial charge is 0.161 e. The normalized spacial score (nSPS) is 10.5. The highest BCUT2D eigenvalue weighted by molar-refractivity contribution is 9.10. The minimum absolute atomic E-state index is 0.327. The Hall–Kier alpha value is -0.720. The van der Waals surface area contributed by atoms with Crippen molar-refractivity contribution in [3.05, 3.63) is 43.3 Å². The molecule has 0 aliphatic carbocycles. The van der Waals surface area contributed by atoms with Crippen molar-refractivity contribution >= 4 is 68.1 Å². The van der Waals surface area contributed by atoms with E-state index in [1.165, 1.54) is 0 Å². The predicted octanol–water partition coefficient (Wildman–Crippen LogP) is 5.14. The number of hydrogen-bond donors (Lipinski definition) is 3. The number of rotatable bonds is 3. The number of hydrazine groups is 1. The van der Waals surface area contributed by atoms with Gasteiger partial charge >= 0.3 is 0 Å². The average molecular weight is 397 g/mol. The highest BCUT2D eigenvalue weighted by atomic mass is 79.9. The first-order chi connectivity index (χ1) is 9.42. The second-order valence-electron chi connectivity index (χ2n) is 4.00. The van der Waals surface area contributed by atoms with Gasteiger partial charge in [0.15, 0.2) is 11.6 Å². The van der Waals surface area contributed by atoms with Gasteiger partial charge in [0, 0.05) is 9.50 Å². The first-order valence-electron chi connectivity index (χ1n) is 5.47. The molecule has 0 fully saturated rings. The lowest BCUT2D eigenvalue weighted by atomic mass is 10.2. The number of hydrogen-bond acceptors (Lipinski definition) is 4. The molecule has 2 aromatic rings. The van der Waals surface area contributed by atoms with Gasteiger partial charge in [-0.05, 0) is 46.6 Å². The maximum absolute atomic E-state index is 6.11. The fourth-order valence-corrected chi connectivity index (χ4v) is 2.71. The van der Waals surface area contributed by atoms with Crippen LogP contribution < -0.4 is 16.6 Å². The predicted molar refractivity (Wildman–Crippen MR) is 89.2 cm³/mol. The molecule has 4 N–H and O–H groups in total. The number of aryl methyl sites for hydroxylation is 1. The van der Waals surface area contributed by atoms with Crippen LogP contribution in [0.4, 0.5) is 17.3 Å². The van der Waals surface area contributed by atoms with Gasteiger partial charge in [0.1, 0.15) is 0 Å². The van der Waals surface area contributed by atoms with Crippen molar-refractivity contribution in [1.82, 2.24) is 4.98 Å². The number of nitrogens with two attached hydrogens (primary N) is 1. The lowest BCUT2D eigenvalue weighted by molar-refractivity contribution is 1.22. The Morgan fingerprint density at radius 2 is 1.70 bits per heavy atom. The molecule has 4 nitrogen and oxygen atoms in total. The number of nitrogens with zero attached hydrogens (tertiary/aromatic N) is 1. The van der Waals surface area contributed by atoms with Gasteiger partial charge in [-0.15, -0.1) is 0 Å². The Morgan fingerprint density at radius 3 is 2.35 bits per heavy atom. The molecule has 106 valence electrons. The Kier molecular flexibility index (Phi) is 4.99.